The number of carbonyl (C=O) groups is 2. The number of amides is 2. The smallest absolute Gasteiger partial charge is 0.251 e. The fourth-order valence-electron chi connectivity index (χ4n) is 4.71. The van der Waals surface area contributed by atoms with Crippen molar-refractivity contribution in [3.05, 3.63) is 101 Å². The average molecular weight is 525 g/mol. The number of aromatic nitrogens is 6. The van der Waals surface area contributed by atoms with Gasteiger partial charge >= 0.3 is 0 Å². The van der Waals surface area contributed by atoms with Crippen LogP contribution in [0.3, 0.4) is 0 Å². The number of nitrogens with zero attached hydrogens (tertiary/aromatic N) is 6. The van der Waals surface area contributed by atoms with Gasteiger partial charge in [0.2, 0.25) is 5.91 Å². The maximum absolute atomic E-state index is 13.7. The van der Waals surface area contributed by atoms with Gasteiger partial charge in [0.1, 0.15) is 12.4 Å². The number of tetrazole rings is 1. The number of hydrogen-bond donors (Lipinski definition) is 2. The van der Waals surface area contributed by atoms with Crippen molar-refractivity contribution < 1.29 is 9.59 Å². The third-order valence-corrected chi connectivity index (χ3v) is 6.75. The fraction of sp³-hybridized carbons (Fsp3) is 0.111. The van der Waals surface area contributed by atoms with Crippen LogP contribution in [-0.4, -0.2) is 53.7 Å². The quantitative estimate of drug-likeness (QED) is 0.335. The molecule has 0 fully saturated rings. The molecule has 1 aliphatic rings. The van der Waals surface area contributed by atoms with E-state index in [-0.39, 0.29) is 11.8 Å². The van der Waals surface area contributed by atoms with E-state index in [1.807, 2.05) is 42.5 Å². The number of fused-ring (bicyclic) bond motifs is 2. The number of H-pyrrole nitrogens is 1. The molecule has 1 atom stereocenters. The van der Waals surface area contributed by atoms with Gasteiger partial charge in [0.15, 0.2) is 0 Å². The van der Waals surface area contributed by atoms with E-state index in [1.165, 1.54) is 17.1 Å². The second kappa shape index (κ2) is 9.91. The summed E-state index contributed by atoms with van der Waals surface area (Å²) in [5.41, 5.74) is 4.59. The highest BCUT2D eigenvalue weighted by atomic mass is 35.5. The normalized spacial score (nSPS) is 15.1. The Balaban J connectivity index is 1.31. The summed E-state index contributed by atoms with van der Waals surface area (Å²) in [4.78, 5) is 28.8. The minimum absolute atomic E-state index is 0.296. The molecule has 3 aromatic carbocycles. The van der Waals surface area contributed by atoms with Crippen LogP contribution in [0, 0.1) is 0 Å². The molecule has 0 spiro atoms. The molecule has 11 heteroatoms. The molecule has 3 heterocycles. The van der Waals surface area contributed by atoms with Gasteiger partial charge in [0, 0.05) is 34.3 Å². The van der Waals surface area contributed by atoms with Crippen LogP contribution in [-0.2, 0) is 16.0 Å². The second-order valence-corrected chi connectivity index (χ2v) is 9.27. The Labute approximate surface area is 221 Å². The summed E-state index contributed by atoms with van der Waals surface area (Å²) in [6, 6.07) is 17.6. The van der Waals surface area contributed by atoms with Crippen LogP contribution in [0.5, 0.6) is 0 Å². The molecule has 188 valence electrons. The summed E-state index contributed by atoms with van der Waals surface area (Å²) in [5, 5.41) is 22.7. The van der Waals surface area contributed by atoms with Crippen LogP contribution < -0.4 is 5.32 Å². The largest absolute Gasteiger partial charge is 0.324 e. The predicted octanol–water partition coefficient (Wildman–Crippen LogP) is 3.97. The summed E-state index contributed by atoms with van der Waals surface area (Å²) >= 11 is 6.22. The molecule has 0 saturated heterocycles. The van der Waals surface area contributed by atoms with E-state index in [9.17, 15) is 9.59 Å². The van der Waals surface area contributed by atoms with Crippen molar-refractivity contribution in [2.24, 2.45) is 0 Å². The van der Waals surface area contributed by atoms with Crippen molar-refractivity contribution in [3.63, 3.8) is 0 Å². The van der Waals surface area contributed by atoms with Gasteiger partial charge in [0.05, 0.1) is 17.4 Å². The van der Waals surface area contributed by atoms with Crippen molar-refractivity contribution in [2.75, 3.05) is 11.9 Å². The zero-order chi connectivity index (χ0) is 26.1. The molecule has 2 amide bonds. The maximum atomic E-state index is 13.7. The van der Waals surface area contributed by atoms with Crippen molar-refractivity contribution in [1.29, 1.82) is 0 Å². The lowest BCUT2D eigenvalue weighted by Gasteiger charge is -2.35. The Kier molecular flexibility index (Phi) is 6.14. The summed E-state index contributed by atoms with van der Waals surface area (Å²) in [6.07, 6.45) is 6.94. The van der Waals surface area contributed by atoms with E-state index in [4.69, 9.17) is 11.6 Å². The van der Waals surface area contributed by atoms with Gasteiger partial charge < -0.3 is 10.2 Å². The number of halogens is 1. The Morgan fingerprint density at radius 3 is 2.87 bits per heavy atom. The number of nitrogens with one attached hydrogen (secondary N) is 2. The molecule has 2 aromatic heterocycles. The van der Waals surface area contributed by atoms with E-state index in [1.54, 1.807) is 35.4 Å². The first-order valence-electron chi connectivity index (χ1n) is 11.9. The first-order chi connectivity index (χ1) is 18.6. The zero-order valence-electron chi connectivity index (χ0n) is 20.0. The molecule has 1 aliphatic heterocycles. The number of hydrogen-bond acceptors (Lipinski definition) is 6. The van der Waals surface area contributed by atoms with E-state index >= 15 is 0 Å². The van der Waals surface area contributed by atoms with Crippen molar-refractivity contribution >= 4 is 46.1 Å². The zero-order valence-corrected chi connectivity index (χ0v) is 20.7. The molecule has 0 radical (unpaired) electrons. The number of rotatable bonds is 5. The SMILES string of the molecule is O=C(Nc1ccc2cn[nH]c2c1)[C@@H]1c2ccccc2CCN1C(=O)C=Cc1cc(Cl)ccc1-n1cnnn1. The number of aromatic amines is 1. The second-order valence-electron chi connectivity index (χ2n) is 8.84. The molecule has 6 rings (SSSR count). The summed E-state index contributed by atoms with van der Waals surface area (Å²) in [5.74, 6) is -0.596. The van der Waals surface area contributed by atoms with Crippen molar-refractivity contribution in [1.82, 2.24) is 35.3 Å². The topological polar surface area (TPSA) is 122 Å². The van der Waals surface area contributed by atoms with Crippen LogP contribution >= 0.6 is 11.6 Å². The Bertz CT molecular complexity index is 1680. The van der Waals surface area contributed by atoms with Crippen molar-refractivity contribution in [2.45, 2.75) is 12.5 Å². The highest BCUT2D eigenvalue weighted by Crippen LogP contribution is 2.32. The van der Waals surface area contributed by atoms with Gasteiger partial charge in [-0.2, -0.15) is 9.78 Å². The lowest BCUT2D eigenvalue weighted by molar-refractivity contribution is -0.135. The lowest BCUT2D eigenvalue weighted by Crippen LogP contribution is -2.44. The van der Waals surface area contributed by atoms with Crippen molar-refractivity contribution in [3.8, 4) is 5.69 Å². The lowest BCUT2D eigenvalue weighted by atomic mass is 9.91. The third-order valence-electron chi connectivity index (χ3n) is 6.52. The molecule has 38 heavy (non-hydrogen) atoms. The van der Waals surface area contributed by atoms with Gasteiger partial charge in [0.25, 0.3) is 5.91 Å². The summed E-state index contributed by atoms with van der Waals surface area (Å²) < 4.78 is 1.49. The van der Waals surface area contributed by atoms with Gasteiger partial charge in [-0.1, -0.05) is 35.9 Å². The van der Waals surface area contributed by atoms with Crippen LogP contribution in [0.2, 0.25) is 5.02 Å². The minimum Gasteiger partial charge on any atom is -0.324 e. The molecule has 0 bridgehead atoms. The van der Waals surface area contributed by atoms with E-state index in [2.05, 4.69) is 31.0 Å². The highest BCUT2D eigenvalue weighted by molar-refractivity contribution is 6.30. The first kappa shape index (κ1) is 23.6. The Morgan fingerprint density at radius 1 is 1.11 bits per heavy atom. The number of benzene rings is 3. The highest BCUT2D eigenvalue weighted by Gasteiger charge is 2.35. The predicted molar refractivity (Wildman–Crippen MR) is 143 cm³/mol. The van der Waals surface area contributed by atoms with Gasteiger partial charge in [-0.05, 0) is 70.4 Å². The molecule has 0 unspecified atom stereocenters. The number of carbonyl (C=O) groups excluding carboxylic acids is 2. The van der Waals surface area contributed by atoms with Gasteiger partial charge in [-0.3, -0.25) is 14.7 Å². The van der Waals surface area contributed by atoms with Crippen LogP contribution in [0.4, 0.5) is 5.69 Å². The molecule has 5 aromatic rings. The third kappa shape index (κ3) is 4.53. The summed E-state index contributed by atoms with van der Waals surface area (Å²) in [7, 11) is 0. The first-order valence-corrected chi connectivity index (χ1v) is 12.3. The fourth-order valence-corrected chi connectivity index (χ4v) is 4.89. The Morgan fingerprint density at radius 2 is 2.00 bits per heavy atom. The molecular formula is C27H21ClN8O2. The molecule has 0 saturated carbocycles. The molecular weight excluding hydrogens is 504 g/mol. The number of anilines is 1. The molecule has 0 aliphatic carbocycles. The van der Waals surface area contributed by atoms with E-state index < -0.39 is 6.04 Å². The maximum Gasteiger partial charge on any atom is 0.251 e. The Hall–Kier alpha value is -4.83. The monoisotopic (exact) mass is 524 g/mol. The van der Waals surface area contributed by atoms with Gasteiger partial charge in [-0.25, -0.2) is 0 Å². The molecule has 2 N–H and O–H groups in total. The average Bonchev–Trinajstić information content (AvgIpc) is 3.63. The minimum atomic E-state index is -0.798. The van der Waals surface area contributed by atoms with Crippen LogP contribution in [0.1, 0.15) is 22.7 Å². The standard InChI is InChI=1S/C27H21ClN8O2/c28-20-7-9-24(36-16-30-33-34-36)18(13-20)6-10-25(37)35-12-11-17-3-1-2-4-22(17)26(35)27(38)31-21-8-5-19-15-29-32-23(19)14-21/h1-10,13-16,26H,11-12H2,(H,29,32)(H,31,38)/t26-/m0/s1. The van der Waals surface area contributed by atoms with E-state index in [0.29, 0.717) is 34.9 Å². The van der Waals surface area contributed by atoms with Crippen LogP contribution in [0.25, 0.3) is 22.7 Å². The summed E-state index contributed by atoms with van der Waals surface area (Å²) in [6.45, 7) is 0.396. The molecule has 10 nitrogen and oxygen atoms in total. The van der Waals surface area contributed by atoms with Gasteiger partial charge in [-0.15, -0.1) is 5.10 Å². The van der Waals surface area contributed by atoms with Crippen LogP contribution in [0.15, 0.2) is 79.3 Å². The van der Waals surface area contributed by atoms with E-state index in [0.717, 1.165) is 22.0 Å².